The van der Waals surface area contributed by atoms with E-state index in [1.54, 1.807) is 24.3 Å². The van der Waals surface area contributed by atoms with Crippen LogP contribution in [-0.2, 0) is 24.8 Å². The third-order valence-electron chi connectivity index (χ3n) is 4.69. The molecule has 0 aliphatic carbocycles. The highest BCUT2D eigenvalue weighted by Gasteiger charge is 2.29. The zero-order valence-electron chi connectivity index (χ0n) is 19.2. The van der Waals surface area contributed by atoms with Gasteiger partial charge in [-0.25, -0.2) is 21.1 Å². The van der Waals surface area contributed by atoms with E-state index < -0.39 is 32.0 Å². The molecule has 0 fully saturated rings. The fraction of sp³-hybridized carbons (Fsp3) is 0.381. The summed E-state index contributed by atoms with van der Waals surface area (Å²) in [5, 5.41) is 2.65. The van der Waals surface area contributed by atoms with Gasteiger partial charge in [-0.3, -0.25) is 9.10 Å². The zero-order chi connectivity index (χ0) is 24.8. The molecule has 0 radical (unpaired) electrons. The number of hydrogen-bond acceptors (Lipinski definition) is 7. The van der Waals surface area contributed by atoms with E-state index >= 15 is 0 Å². The first-order chi connectivity index (χ1) is 15.4. The molecule has 2 rings (SSSR count). The fourth-order valence-corrected chi connectivity index (χ4v) is 5.02. The van der Waals surface area contributed by atoms with Crippen molar-refractivity contribution in [1.82, 2.24) is 9.62 Å². The maximum absolute atomic E-state index is 12.6. The largest absolute Gasteiger partial charge is 0.497 e. The van der Waals surface area contributed by atoms with Crippen molar-refractivity contribution in [2.24, 2.45) is 0 Å². The Morgan fingerprint density at radius 2 is 1.52 bits per heavy atom. The predicted molar refractivity (Wildman–Crippen MR) is 126 cm³/mol. The summed E-state index contributed by atoms with van der Waals surface area (Å²) in [5.41, 5.74) is 0.338. The number of sulfonamides is 2. The summed E-state index contributed by atoms with van der Waals surface area (Å²) < 4.78 is 61.6. The van der Waals surface area contributed by atoms with Crippen molar-refractivity contribution in [3.63, 3.8) is 0 Å². The van der Waals surface area contributed by atoms with Crippen LogP contribution < -0.4 is 19.1 Å². The van der Waals surface area contributed by atoms with Gasteiger partial charge in [-0.05, 0) is 55.5 Å². The van der Waals surface area contributed by atoms with Gasteiger partial charge >= 0.3 is 0 Å². The van der Waals surface area contributed by atoms with E-state index in [-0.39, 0.29) is 18.0 Å². The molecule has 0 unspecified atom stereocenters. The minimum atomic E-state index is -3.73. The Morgan fingerprint density at radius 1 is 0.970 bits per heavy atom. The average Bonchev–Trinajstić information content (AvgIpc) is 2.76. The monoisotopic (exact) mass is 499 g/mol. The van der Waals surface area contributed by atoms with Gasteiger partial charge in [0.15, 0.2) is 0 Å². The van der Waals surface area contributed by atoms with Crippen LogP contribution in [0.3, 0.4) is 0 Å². The van der Waals surface area contributed by atoms with E-state index in [4.69, 9.17) is 9.47 Å². The van der Waals surface area contributed by atoms with Crippen molar-refractivity contribution in [2.45, 2.75) is 17.9 Å². The smallest absolute Gasteiger partial charge is 0.243 e. The number of anilines is 1. The highest BCUT2D eigenvalue weighted by atomic mass is 32.2. The van der Waals surface area contributed by atoms with Gasteiger partial charge in [0.1, 0.15) is 24.1 Å². The third-order valence-corrected chi connectivity index (χ3v) is 7.76. The van der Waals surface area contributed by atoms with Crippen LogP contribution in [0.25, 0.3) is 0 Å². The highest BCUT2D eigenvalue weighted by molar-refractivity contribution is 7.92. The Morgan fingerprint density at radius 3 is 2.00 bits per heavy atom. The van der Waals surface area contributed by atoms with Crippen LogP contribution in [-0.4, -0.2) is 73.7 Å². The van der Waals surface area contributed by atoms with Gasteiger partial charge in [0.2, 0.25) is 26.0 Å². The molecule has 1 atom stereocenters. The van der Waals surface area contributed by atoms with Crippen LogP contribution in [0.15, 0.2) is 53.4 Å². The number of benzene rings is 2. The number of rotatable bonds is 11. The predicted octanol–water partition coefficient (Wildman–Crippen LogP) is 1.30. The molecule has 0 saturated carbocycles. The summed E-state index contributed by atoms with van der Waals surface area (Å²) in [6.07, 6.45) is 1.03. The Kier molecular flexibility index (Phi) is 8.69. The standard InChI is InChI=1S/C21H29N3O7S2/c1-16(24(32(5,26)27)17-6-8-18(30-4)9-7-17)21(25)22-14-15-31-19-10-12-20(13-11-19)33(28,29)23(2)3/h6-13,16H,14-15H2,1-5H3,(H,22,25)/t16-/m1/s1. The maximum atomic E-state index is 12.6. The highest BCUT2D eigenvalue weighted by Crippen LogP contribution is 2.24. The molecular formula is C21H29N3O7S2. The summed E-state index contributed by atoms with van der Waals surface area (Å²) in [4.78, 5) is 12.7. The van der Waals surface area contributed by atoms with Crippen LogP contribution >= 0.6 is 0 Å². The summed E-state index contributed by atoms with van der Waals surface area (Å²) in [7, 11) is -2.86. The third kappa shape index (κ3) is 6.83. The molecule has 12 heteroatoms. The molecule has 0 aromatic heterocycles. The summed E-state index contributed by atoms with van der Waals surface area (Å²) in [5.74, 6) is 0.507. The minimum absolute atomic E-state index is 0.111. The molecule has 33 heavy (non-hydrogen) atoms. The lowest BCUT2D eigenvalue weighted by Crippen LogP contribution is -2.48. The second kappa shape index (κ2) is 10.9. The lowest BCUT2D eigenvalue weighted by atomic mass is 10.2. The Hall–Kier alpha value is -2.83. The van der Waals surface area contributed by atoms with Gasteiger partial charge in [0.05, 0.1) is 30.5 Å². The first-order valence-electron chi connectivity index (χ1n) is 9.94. The summed E-state index contributed by atoms with van der Waals surface area (Å²) in [6, 6.07) is 11.3. The molecule has 2 aromatic rings. The second-order valence-corrected chi connectivity index (χ2v) is 11.3. The van der Waals surface area contributed by atoms with E-state index in [2.05, 4.69) is 5.32 Å². The number of nitrogens with one attached hydrogen (secondary N) is 1. The molecule has 0 aliphatic rings. The molecule has 182 valence electrons. The average molecular weight is 500 g/mol. The van der Waals surface area contributed by atoms with E-state index in [0.29, 0.717) is 17.2 Å². The normalized spacial score (nSPS) is 12.8. The number of methoxy groups -OCH3 is 1. The second-order valence-electron chi connectivity index (χ2n) is 7.33. The number of amides is 1. The Labute approximate surface area is 195 Å². The lowest BCUT2D eigenvalue weighted by molar-refractivity contribution is -0.121. The van der Waals surface area contributed by atoms with Gasteiger partial charge in [-0.1, -0.05) is 0 Å². The molecular weight excluding hydrogens is 470 g/mol. The lowest BCUT2D eigenvalue weighted by Gasteiger charge is -2.28. The number of carbonyl (C=O) groups is 1. The molecule has 0 heterocycles. The van der Waals surface area contributed by atoms with Crippen molar-refractivity contribution >= 4 is 31.6 Å². The summed E-state index contributed by atoms with van der Waals surface area (Å²) in [6.45, 7) is 1.73. The number of nitrogens with zero attached hydrogens (tertiary/aromatic N) is 2. The maximum Gasteiger partial charge on any atom is 0.243 e. The summed E-state index contributed by atoms with van der Waals surface area (Å²) >= 11 is 0. The van der Waals surface area contributed by atoms with Crippen molar-refractivity contribution in [3.8, 4) is 11.5 Å². The van der Waals surface area contributed by atoms with Crippen LogP contribution in [0.5, 0.6) is 11.5 Å². The molecule has 2 aromatic carbocycles. The molecule has 0 bridgehead atoms. The van der Waals surface area contributed by atoms with Crippen molar-refractivity contribution in [1.29, 1.82) is 0 Å². The van der Waals surface area contributed by atoms with Gasteiger partial charge in [0, 0.05) is 14.1 Å². The first kappa shape index (κ1) is 26.4. The van der Waals surface area contributed by atoms with Crippen LogP contribution in [0.4, 0.5) is 5.69 Å². The Bertz CT molecular complexity index is 1150. The van der Waals surface area contributed by atoms with E-state index in [1.807, 2.05) is 0 Å². The quantitative estimate of drug-likeness (QED) is 0.462. The number of hydrogen-bond donors (Lipinski definition) is 1. The van der Waals surface area contributed by atoms with Crippen LogP contribution in [0.2, 0.25) is 0 Å². The molecule has 10 nitrogen and oxygen atoms in total. The molecule has 0 aliphatic heterocycles. The van der Waals surface area contributed by atoms with Gasteiger partial charge in [-0.2, -0.15) is 0 Å². The van der Waals surface area contributed by atoms with E-state index in [1.165, 1.54) is 52.4 Å². The van der Waals surface area contributed by atoms with Crippen molar-refractivity contribution < 1.29 is 31.1 Å². The number of ether oxygens (including phenoxy) is 2. The zero-order valence-corrected chi connectivity index (χ0v) is 20.8. The van der Waals surface area contributed by atoms with Gasteiger partial charge < -0.3 is 14.8 Å². The topological polar surface area (TPSA) is 122 Å². The first-order valence-corrected chi connectivity index (χ1v) is 13.2. The van der Waals surface area contributed by atoms with E-state index in [9.17, 15) is 21.6 Å². The van der Waals surface area contributed by atoms with Gasteiger partial charge in [-0.15, -0.1) is 0 Å². The fourth-order valence-electron chi connectivity index (χ4n) is 2.95. The van der Waals surface area contributed by atoms with E-state index in [0.717, 1.165) is 14.9 Å². The molecule has 1 N–H and O–H groups in total. The van der Waals surface area contributed by atoms with Crippen molar-refractivity contribution in [2.75, 3.05) is 44.9 Å². The molecule has 1 amide bonds. The SMILES string of the molecule is COc1ccc(N([C@H](C)C(=O)NCCOc2ccc(S(=O)(=O)N(C)C)cc2)S(C)(=O)=O)cc1. The molecule has 0 saturated heterocycles. The Balaban J connectivity index is 1.96. The number of carbonyl (C=O) groups excluding carboxylic acids is 1. The van der Waals surface area contributed by atoms with Crippen LogP contribution in [0.1, 0.15) is 6.92 Å². The van der Waals surface area contributed by atoms with Crippen molar-refractivity contribution in [3.05, 3.63) is 48.5 Å². The van der Waals surface area contributed by atoms with Gasteiger partial charge in [0.25, 0.3) is 0 Å². The van der Waals surface area contributed by atoms with Crippen LogP contribution in [0, 0.1) is 0 Å². The molecule has 0 spiro atoms. The minimum Gasteiger partial charge on any atom is -0.497 e.